The molecule has 88 valence electrons. The second-order valence-corrected chi connectivity index (χ2v) is 3.72. The third-order valence-corrected chi connectivity index (χ3v) is 2.50. The second kappa shape index (κ2) is 4.25. The number of hydrogen-bond acceptors (Lipinski definition) is 3. The van der Waals surface area contributed by atoms with Gasteiger partial charge in [-0.2, -0.15) is 0 Å². The van der Waals surface area contributed by atoms with Crippen LogP contribution in [-0.2, 0) is 6.42 Å². The molecular formula is C11H10N2O4. The van der Waals surface area contributed by atoms with E-state index in [-0.39, 0.29) is 17.2 Å². The van der Waals surface area contributed by atoms with Crippen molar-refractivity contribution >= 4 is 16.9 Å². The van der Waals surface area contributed by atoms with Gasteiger partial charge in [-0.05, 0) is 17.7 Å². The van der Waals surface area contributed by atoms with Crippen molar-refractivity contribution in [2.45, 2.75) is 6.42 Å². The lowest BCUT2D eigenvalue weighted by Gasteiger charge is -1.97. The van der Waals surface area contributed by atoms with Gasteiger partial charge < -0.3 is 10.1 Å². The van der Waals surface area contributed by atoms with Crippen molar-refractivity contribution < 1.29 is 14.8 Å². The molecular weight excluding hydrogens is 224 g/mol. The first-order valence-corrected chi connectivity index (χ1v) is 5.03. The molecule has 1 aromatic heterocycles. The van der Waals surface area contributed by atoms with Gasteiger partial charge in [-0.15, -0.1) is 0 Å². The van der Waals surface area contributed by atoms with Gasteiger partial charge in [-0.25, -0.2) is 4.79 Å². The van der Waals surface area contributed by atoms with Crippen molar-refractivity contribution in [3.05, 3.63) is 45.6 Å². The lowest BCUT2D eigenvalue weighted by Crippen LogP contribution is -2.03. The Morgan fingerprint density at radius 3 is 2.82 bits per heavy atom. The summed E-state index contributed by atoms with van der Waals surface area (Å²) in [6.07, 6.45) is 0.338. The van der Waals surface area contributed by atoms with Crippen LogP contribution in [0.1, 0.15) is 16.1 Å². The van der Waals surface area contributed by atoms with Crippen LogP contribution < -0.4 is 0 Å². The van der Waals surface area contributed by atoms with E-state index in [2.05, 4.69) is 4.98 Å². The Kier molecular flexibility index (Phi) is 2.78. The minimum Gasteiger partial charge on any atom is -0.477 e. The summed E-state index contributed by atoms with van der Waals surface area (Å²) < 4.78 is 0. The highest BCUT2D eigenvalue weighted by atomic mass is 16.6. The van der Waals surface area contributed by atoms with Crippen molar-refractivity contribution in [2.75, 3.05) is 6.54 Å². The first-order chi connectivity index (χ1) is 8.06. The molecule has 2 rings (SSSR count). The number of benzene rings is 1. The number of aromatic nitrogens is 1. The summed E-state index contributed by atoms with van der Waals surface area (Å²) in [5.41, 5.74) is 1.61. The molecule has 2 aromatic rings. The van der Waals surface area contributed by atoms with Crippen molar-refractivity contribution in [3.8, 4) is 0 Å². The van der Waals surface area contributed by atoms with Crippen molar-refractivity contribution in [1.29, 1.82) is 0 Å². The Morgan fingerprint density at radius 1 is 1.41 bits per heavy atom. The van der Waals surface area contributed by atoms with E-state index in [1.807, 2.05) is 0 Å². The molecule has 0 bridgehead atoms. The highest BCUT2D eigenvalue weighted by molar-refractivity contribution is 5.93. The number of nitro groups is 1. The Balaban J connectivity index is 2.30. The Morgan fingerprint density at radius 2 is 2.18 bits per heavy atom. The molecule has 0 spiro atoms. The van der Waals surface area contributed by atoms with Gasteiger partial charge in [0.2, 0.25) is 6.54 Å². The van der Waals surface area contributed by atoms with E-state index < -0.39 is 5.97 Å². The fraction of sp³-hybridized carbons (Fsp3) is 0.182. The summed E-state index contributed by atoms with van der Waals surface area (Å²) in [6.45, 7) is -0.127. The zero-order valence-electron chi connectivity index (χ0n) is 8.84. The lowest BCUT2D eigenvalue weighted by atomic mass is 10.1. The minimum atomic E-state index is -1.02. The molecule has 0 atom stereocenters. The number of hydrogen-bond donors (Lipinski definition) is 2. The van der Waals surface area contributed by atoms with E-state index in [0.29, 0.717) is 11.9 Å². The van der Waals surface area contributed by atoms with Crippen molar-refractivity contribution in [1.82, 2.24) is 4.98 Å². The first kappa shape index (κ1) is 11.1. The standard InChI is InChI=1S/C11H10N2O4/c14-11(15)10-6-8-2-1-7(3-4-13(16)17)5-9(8)12-10/h1-2,5-6,12H,3-4H2,(H,14,15). The zero-order valence-corrected chi connectivity index (χ0v) is 8.84. The van der Waals surface area contributed by atoms with E-state index >= 15 is 0 Å². The van der Waals surface area contributed by atoms with Gasteiger partial charge in [0.1, 0.15) is 5.69 Å². The Hall–Kier alpha value is -2.37. The number of carbonyl (C=O) groups is 1. The molecule has 6 heteroatoms. The molecule has 0 aliphatic carbocycles. The van der Waals surface area contributed by atoms with Crippen LogP contribution in [0.3, 0.4) is 0 Å². The first-order valence-electron chi connectivity index (χ1n) is 5.03. The van der Waals surface area contributed by atoms with Crippen LogP contribution in [0.2, 0.25) is 0 Å². The summed E-state index contributed by atoms with van der Waals surface area (Å²) in [4.78, 5) is 23.4. The SMILES string of the molecule is O=C(O)c1cc2ccc(CC[N+](=O)[O-])cc2[nH]1. The average Bonchev–Trinajstić information content (AvgIpc) is 2.69. The fourth-order valence-electron chi connectivity index (χ4n) is 1.67. The van der Waals surface area contributed by atoms with Crippen LogP contribution in [0.15, 0.2) is 24.3 Å². The second-order valence-electron chi connectivity index (χ2n) is 3.72. The number of nitrogens with one attached hydrogen (secondary N) is 1. The number of fused-ring (bicyclic) bond motifs is 1. The molecule has 0 radical (unpaired) electrons. The molecule has 0 saturated carbocycles. The predicted octanol–water partition coefficient (Wildman–Crippen LogP) is 1.69. The van der Waals surface area contributed by atoms with Gasteiger partial charge in [-0.1, -0.05) is 12.1 Å². The molecule has 6 nitrogen and oxygen atoms in total. The highest BCUT2D eigenvalue weighted by Crippen LogP contribution is 2.17. The number of carboxylic acids is 1. The summed E-state index contributed by atoms with van der Waals surface area (Å²) in [7, 11) is 0. The maximum absolute atomic E-state index is 10.7. The monoisotopic (exact) mass is 234 g/mol. The number of H-pyrrole nitrogens is 1. The Bertz CT molecular complexity index is 588. The number of aromatic carboxylic acids is 1. The molecule has 0 aliphatic rings. The lowest BCUT2D eigenvalue weighted by molar-refractivity contribution is -0.479. The van der Waals surface area contributed by atoms with Gasteiger partial charge in [-0.3, -0.25) is 10.1 Å². The summed E-state index contributed by atoms with van der Waals surface area (Å²) in [6, 6.07) is 6.80. The van der Waals surface area contributed by atoms with E-state index in [9.17, 15) is 14.9 Å². The van der Waals surface area contributed by atoms with Crippen LogP contribution in [-0.4, -0.2) is 27.5 Å². The molecule has 2 N–H and O–H groups in total. The summed E-state index contributed by atoms with van der Waals surface area (Å²) in [5, 5.41) is 19.8. The fourth-order valence-corrected chi connectivity index (χ4v) is 1.67. The Labute approximate surface area is 96.0 Å². The number of nitrogens with zero attached hydrogens (tertiary/aromatic N) is 1. The molecule has 1 aromatic carbocycles. The van der Waals surface area contributed by atoms with Crippen molar-refractivity contribution in [3.63, 3.8) is 0 Å². The highest BCUT2D eigenvalue weighted by Gasteiger charge is 2.08. The summed E-state index contributed by atoms with van der Waals surface area (Å²) >= 11 is 0. The van der Waals surface area contributed by atoms with Crippen LogP contribution in [0, 0.1) is 10.1 Å². The predicted molar refractivity (Wildman–Crippen MR) is 60.8 cm³/mol. The molecule has 0 saturated heterocycles. The smallest absolute Gasteiger partial charge is 0.352 e. The van der Waals surface area contributed by atoms with Gasteiger partial charge >= 0.3 is 5.97 Å². The quantitative estimate of drug-likeness (QED) is 0.621. The van der Waals surface area contributed by atoms with Gasteiger partial charge in [0.25, 0.3) is 0 Å². The molecule has 17 heavy (non-hydrogen) atoms. The van der Waals surface area contributed by atoms with E-state index in [0.717, 1.165) is 10.9 Å². The third kappa shape index (κ3) is 2.41. The number of rotatable bonds is 4. The normalized spacial score (nSPS) is 10.6. The van der Waals surface area contributed by atoms with Crippen LogP contribution >= 0.6 is 0 Å². The van der Waals surface area contributed by atoms with Gasteiger partial charge in [0.05, 0.1) is 0 Å². The maximum Gasteiger partial charge on any atom is 0.352 e. The zero-order chi connectivity index (χ0) is 12.4. The van der Waals surface area contributed by atoms with E-state index in [4.69, 9.17) is 5.11 Å². The van der Waals surface area contributed by atoms with E-state index in [1.165, 1.54) is 6.07 Å². The molecule has 0 fully saturated rings. The molecule has 0 amide bonds. The van der Waals surface area contributed by atoms with Gasteiger partial charge in [0.15, 0.2) is 0 Å². The molecule has 0 aliphatic heterocycles. The molecule has 1 heterocycles. The van der Waals surface area contributed by atoms with Crippen LogP contribution in [0.5, 0.6) is 0 Å². The minimum absolute atomic E-state index is 0.117. The van der Waals surface area contributed by atoms with Crippen LogP contribution in [0.25, 0.3) is 10.9 Å². The molecule has 0 unspecified atom stereocenters. The van der Waals surface area contributed by atoms with E-state index in [1.54, 1.807) is 18.2 Å². The van der Waals surface area contributed by atoms with Crippen molar-refractivity contribution in [2.24, 2.45) is 0 Å². The summed E-state index contributed by atoms with van der Waals surface area (Å²) in [5.74, 6) is -1.02. The average molecular weight is 234 g/mol. The topological polar surface area (TPSA) is 96.2 Å². The largest absolute Gasteiger partial charge is 0.477 e. The number of aromatic amines is 1. The van der Waals surface area contributed by atoms with Gasteiger partial charge in [0, 0.05) is 22.2 Å². The number of carboxylic acid groups (broad SMARTS) is 1. The van der Waals surface area contributed by atoms with Crippen LogP contribution in [0.4, 0.5) is 0 Å². The third-order valence-electron chi connectivity index (χ3n) is 2.50. The maximum atomic E-state index is 10.7.